The van der Waals surface area contributed by atoms with Gasteiger partial charge in [0.1, 0.15) is 11.6 Å². The Morgan fingerprint density at radius 3 is 2.74 bits per heavy atom. The van der Waals surface area contributed by atoms with E-state index in [-0.39, 0.29) is 5.82 Å². The third-order valence-electron chi connectivity index (χ3n) is 3.32. The molecule has 118 valence electrons. The van der Waals surface area contributed by atoms with Crippen LogP contribution < -0.4 is 4.74 Å². The molecule has 0 saturated carbocycles. The van der Waals surface area contributed by atoms with Gasteiger partial charge in [0.15, 0.2) is 0 Å². The van der Waals surface area contributed by atoms with Crippen molar-refractivity contribution in [1.82, 2.24) is 10.1 Å². The summed E-state index contributed by atoms with van der Waals surface area (Å²) in [6.45, 7) is 2.40. The predicted octanol–water partition coefficient (Wildman–Crippen LogP) is 4.20. The molecule has 0 aliphatic carbocycles. The quantitative estimate of drug-likeness (QED) is 0.640. The standard InChI is InChI=1S/C18H17FN2O2/c1-13-10-14(12-15(19)11-13)18-20-17(23-21-18)8-5-9-22-16-6-3-2-4-7-16/h2-4,6-7,10-12H,5,8-9H2,1H3. The average Bonchev–Trinajstić information content (AvgIpc) is 3.01. The normalized spacial score (nSPS) is 10.7. The highest BCUT2D eigenvalue weighted by Crippen LogP contribution is 2.19. The number of para-hydroxylation sites is 1. The summed E-state index contributed by atoms with van der Waals surface area (Å²) in [7, 11) is 0. The lowest BCUT2D eigenvalue weighted by Crippen LogP contribution is -1.99. The molecule has 0 spiro atoms. The minimum absolute atomic E-state index is 0.303. The van der Waals surface area contributed by atoms with Gasteiger partial charge in [0.05, 0.1) is 6.61 Å². The van der Waals surface area contributed by atoms with Crippen molar-refractivity contribution in [2.24, 2.45) is 0 Å². The summed E-state index contributed by atoms with van der Waals surface area (Å²) in [4.78, 5) is 4.31. The summed E-state index contributed by atoms with van der Waals surface area (Å²) in [6.07, 6.45) is 1.38. The number of ether oxygens (including phenoxy) is 1. The van der Waals surface area contributed by atoms with Crippen LogP contribution in [0.2, 0.25) is 0 Å². The van der Waals surface area contributed by atoms with E-state index in [4.69, 9.17) is 9.26 Å². The number of hydrogen-bond donors (Lipinski definition) is 0. The molecule has 3 aromatic rings. The summed E-state index contributed by atoms with van der Waals surface area (Å²) in [5, 5.41) is 3.91. The fourth-order valence-corrected chi connectivity index (χ4v) is 2.27. The lowest BCUT2D eigenvalue weighted by atomic mass is 10.1. The first-order valence-electron chi connectivity index (χ1n) is 7.49. The first-order valence-corrected chi connectivity index (χ1v) is 7.49. The van der Waals surface area contributed by atoms with E-state index in [1.807, 2.05) is 43.3 Å². The Balaban J connectivity index is 1.55. The zero-order valence-corrected chi connectivity index (χ0v) is 12.8. The molecule has 23 heavy (non-hydrogen) atoms. The summed E-state index contributed by atoms with van der Waals surface area (Å²) in [5.74, 6) is 1.47. The van der Waals surface area contributed by atoms with Crippen molar-refractivity contribution < 1.29 is 13.7 Å². The fourth-order valence-electron chi connectivity index (χ4n) is 2.27. The first kappa shape index (κ1) is 15.2. The van der Waals surface area contributed by atoms with Crippen molar-refractivity contribution >= 4 is 0 Å². The largest absolute Gasteiger partial charge is 0.494 e. The molecule has 2 aromatic carbocycles. The Labute approximate surface area is 133 Å². The molecule has 0 aliphatic heterocycles. The molecule has 4 nitrogen and oxygen atoms in total. The van der Waals surface area contributed by atoms with Gasteiger partial charge < -0.3 is 9.26 Å². The summed E-state index contributed by atoms with van der Waals surface area (Å²) in [5.41, 5.74) is 1.45. The van der Waals surface area contributed by atoms with E-state index >= 15 is 0 Å². The summed E-state index contributed by atoms with van der Waals surface area (Å²) in [6, 6.07) is 14.3. The second kappa shape index (κ2) is 7.05. The van der Waals surface area contributed by atoms with Gasteiger partial charge in [0.25, 0.3) is 0 Å². The van der Waals surface area contributed by atoms with Crippen molar-refractivity contribution in [3.05, 3.63) is 65.8 Å². The van der Waals surface area contributed by atoms with Crippen molar-refractivity contribution in [2.75, 3.05) is 6.61 Å². The van der Waals surface area contributed by atoms with E-state index in [1.54, 1.807) is 0 Å². The van der Waals surface area contributed by atoms with Gasteiger partial charge in [-0.2, -0.15) is 4.98 Å². The van der Waals surface area contributed by atoms with Crippen molar-refractivity contribution in [3.63, 3.8) is 0 Å². The second-order valence-corrected chi connectivity index (χ2v) is 5.29. The topological polar surface area (TPSA) is 48.2 Å². The molecule has 1 heterocycles. The molecule has 3 rings (SSSR count). The van der Waals surface area contributed by atoms with E-state index in [0.717, 1.165) is 17.7 Å². The highest BCUT2D eigenvalue weighted by molar-refractivity contribution is 5.55. The Kier molecular flexibility index (Phi) is 4.66. The first-order chi connectivity index (χ1) is 11.2. The zero-order chi connectivity index (χ0) is 16.1. The zero-order valence-electron chi connectivity index (χ0n) is 12.8. The number of aryl methyl sites for hydroxylation is 2. The third kappa shape index (κ3) is 4.16. The molecular formula is C18H17FN2O2. The summed E-state index contributed by atoms with van der Waals surface area (Å²) >= 11 is 0. The second-order valence-electron chi connectivity index (χ2n) is 5.29. The van der Waals surface area contributed by atoms with Crippen LogP contribution in [-0.4, -0.2) is 16.7 Å². The molecule has 0 radical (unpaired) electrons. The van der Waals surface area contributed by atoms with Crippen LogP contribution in [0.1, 0.15) is 17.9 Å². The monoisotopic (exact) mass is 312 g/mol. The summed E-state index contributed by atoms with van der Waals surface area (Å²) < 4.78 is 24.3. The minimum atomic E-state index is -0.303. The molecule has 0 atom stereocenters. The average molecular weight is 312 g/mol. The maximum atomic E-state index is 13.4. The lowest BCUT2D eigenvalue weighted by Gasteiger charge is -2.03. The number of nitrogens with zero attached hydrogens (tertiary/aromatic N) is 2. The van der Waals surface area contributed by atoms with Crippen LogP contribution >= 0.6 is 0 Å². The van der Waals surface area contributed by atoms with Crippen LogP contribution in [0.3, 0.4) is 0 Å². The highest BCUT2D eigenvalue weighted by Gasteiger charge is 2.10. The number of hydrogen-bond acceptors (Lipinski definition) is 4. The number of benzene rings is 2. The maximum absolute atomic E-state index is 13.4. The van der Waals surface area contributed by atoms with Gasteiger partial charge in [0.2, 0.25) is 11.7 Å². The van der Waals surface area contributed by atoms with Crippen LogP contribution in [0.4, 0.5) is 4.39 Å². The lowest BCUT2D eigenvalue weighted by molar-refractivity contribution is 0.298. The van der Waals surface area contributed by atoms with Gasteiger partial charge in [0, 0.05) is 12.0 Å². The molecule has 1 aromatic heterocycles. The van der Waals surface area contributed by atoms with Gasteiger partial charge in [-0.05, 0) is 49.2 Å². The van der Waals surface area contributed by atoms with Crippen LogP contribution in [0.25, 0.3) is 11.4 Å². The molecule has 0 fully saturated rings. The van der Waals surface area contributed by atoms with Crippen LogP contribution in [-0.2, 0) is 6.42 Å². The van der Waals surface area contributed by atoms with Gasteiger partial charge in [-0.1, -0.05) is 23.4 Å². The van der Waals surface area contributed by atoms with Crippen LogP contribution in [0, 0.1) is 12.7 Å². The van der Waals surface area contributed by atoms with E-state index < -0.39 is 0 Å². The molecule has 0 amide bonds. The third-order valence-corrected chi connectivity index (χ3v) is 3.32. The number of aromatic nitrogens is 2. The van der Waals surface area contributed by atoms with Crippen molar-refractivity contribution in [2.45, 2.75) is 19.8 Å². The Hall–Kier alpha value is -2.69. The molecule has 0 aliphatic rings. The maximum Gasteiger partial charge on any atom is 0.227 e. The molecular weight excluding hydrogens is 295 g/mol. The van der Waals surface area contributed by atoms with E-state index in [9.17, 15) is 4.39 Å². The van der Waals surface area contributed by atoms with Crippen molar-refractivity contribution in [1.29, 1.82) is 0 Å². The highest BCUT2D eigenvalue weighted by atomic mass is 19.1. The van der Waals surface area contributed by atoms with Gasteiger partial charge >= 0.3 is 0 Å². The molecule has 0 unspecified atom stereocenters. The van der Waals surface area contributed by atoms with E-state index in [1.165, 1.54) is 12.1 Å². The fraction of sp³-hybridized carbons (Fsp3) is 0.222. The Morgan fingerprint density at radius 2 is 1.96 bits per heavy atom. The van der Waals surface area contributed by atoms with Gasteiger partial charge in [-0.3, -0.25) is 0 Å². The van der Waals surface area contributed by atoms with Crippen LogP contribution in [0.15, 0.2) is 53.1 Å². The van der Waals surface area contributed by atoms with Gasteiger partial charge in [-0.15, -0.1) is 0 Å². The molecule has 0 N–H and O–H groups in total. The Bertz CT molecular complexity index is 751. The number of halogens is 1. The SMILES string of the molecule is Cc1cc(F)cc(-c2noc(CCCOc3ccccc3)n2)c1. The van der Waals surface area contributed by atoms with Crippen molar-refractivity contribution in [3.8, 4) is 17.1 Å². The van der Waals surface area contributed by atoms with E-state index in [2.05, 4.69) is 10.1 Å². The van der Waals surface area contributed by atoms with Gasteiger partial charge in [-0.25, -0.2) is 4.39 Å². The molecule has 0 bridgehead atoms. The molecule has 5 heteroatoms. The molecule has 0 saturated heterocycles. The van der Waals surface area contributed by atoms with E-state index in [0.29, 0.717) is 30.3 Å². The number of rotatable bonds is 6. The Morgan fingerprint density at radius 1 is 1.13 bits per heavy atom. The minimum Gasteiger partial charge on any atom is -0.494 e. The smallest absolute Gasteiger partial charge is 0.227 e. The predicted molar refractivity (Wildman–Crippen MR) is 84.7 cm³/mol. The van der Waals surface area contributed by atoms with Crippen LogP contribution in [0.5, 0.6) is 5.75 Å².